The van der Waals surface area contributed by atoms with E-state index in [1.165, 1.54) is 96.3 Å². The summed E-state index contributed by atoms with van der Waals surface area (Å²) in [5.41, 5.74) is 0. The van der Waals surface area contributed by atoms with Crippen molar-refractivity contribution in [2.24, 2.45) is 5.92 Å². The van der Waals surface area contributed by atoms with Gasteiger partial charge >= 0.3 is 11.9 Å². The van der Waals surface area contributed by atoms with E-state index in [-0.39, 0.29) is 30.9 Å². The second kappa shape index (κ2) is 21.5. The zero-order valence-electron chi connectivity index (χ0n) is 22.1. The lowest BCUT2D eigenvalue weighted by Gasteiger charge is -2.28. The van der Waals surface area contributed by atoms with Crippen molar-refractivity contribution in [3.05, 3.63) is 0 Å². The molecule has 1 aliphatic carbocycles. The number of carbonyl (C=O) groups excluding carboxylic acids is 2. The smallest absolute Gasteiger partial charge is 0.306 e. The topological polar surface area (TPSA) is 52.6 Å². The van der Waals surface area contributed by atoms with E-state index in [4.69, 9.17) is 9.47 Å². The van der Waals surface area contributed by atoms with Crippen LogP contribution in [0.25, 0.3) is 0 Å². The van der Waals surface area contributed by atoms with Crippen molar-refractivity contribution in [2.75, 3.05) is 6.61 Å². The lowest BCUT2D eigenvalue weighted by Crippen LogP contribution is -2.28. The summed E-state index contributed by atoms with van der Waals surface area (Å²) in [5, 5.41) is 0. The van der Waals surface area contributed by atoms with Gasteiger partial charge < -0.3 is 9.47 Å². The minimum atomic E-state index is -0.274. The highest BCUT2D eigenvalue weighted by atomic mass is 16.5. The average molecular weight is 467 g/mol. The van der Waals surface area contributed by atoms with E-state index < -0.39 is 0 Å². The van der Waals surface area contributed by atoms with Gasteiger partial charge in [0.2, 0.25) is 0 Å². The van der Waals surface area contributed by atoms with E-state index in [1.807, 2.05) is 0 Å². The zero-order valence-corrected chi connectivity index (χ0v) is 22.1. The Morgan fingerprint density at radius 1 is 0.636 bits per heavy atom. The number of rotatable bonds is 21. The van der Waals surface area contributed by atoms with Crippen molar-refractivity contribution in [2.45, 2.75) is 161 Å². The van der Waals surface area contributed by atoms with Gasteiger partial charge in [-0.1, -0.05) is 117 Å². The molecule has 1 saturated carbocycles. The standard InChI is InChI=1S/C29H54O4/c1-3-4-5-6-7-8-9-10-11-12-13-14-15-16-17-20-25-32-28(30)23-24-29(31)33-27-22-19-18-21-26(27)2/h26-27H,3-25H2,1-2H3. The van der Waals surface area contributed by atoms with Gasteiger partial charge in [-0.05, 0) is 31.6 Å². The van der Waals surface area contributed by atoms with Crippen LogP contribution >= 0.6 is 0 Å². The first-order chi connectivity index (χ1) is 16.1. The fourth-order valence-corrected chi connectivity index (χ4v) is 4.80. The summed E-state index contributed by atoms with van der Waals surface area (Å²) in [6.07, 6.45) is 26.1. The molecule has 2 unspecified atom stereocenters. The molecule has 33 heavy (non-hydrogen) atoms. The van der Waals surface area contributed by atoms with Gasteiger partial charge in [-0.2, -0.15) is 0 Å². The molecular weight excluding hydrogens is 412 g/mol. The van der Waals surface area contributed by atoms with Crippen LogP contribution in [0.1, 0.15) is 155 Å². The summed E-state index contributed by atoms with van der Waals surface area (Å²) in [7, 11) is 0. The maximum Gasteiger partial charge on any atom is 0.306 e. The molecular formula is C29H54O4. The van der Waals surface area contributed by atoms with E-state index in [1.54, 1.807) is 0 Å². The minimum absolute atomic E-state index is 0.0346. The number of unbranched alkanes of at least 4 members (excludes halogenated alkanes) is 15. The lowest BCUT2D eigenvalue weighted by molar-refractivity contribution is -0.156. The van der Waals surface area contributed by atoms with Crippen LogP contribution in [0.15, 0.2) is 0 Å². The van der Waals surface area contributed by atoms with E-state index in [0.717, 1.165) is 32.1 Å². The highest BCUT2D eigenvalue weighted by Crippen LogP contribution is 2.26. The molecule has 4 nitrogen and oxygen atoms in total. The van der Waals surface area contributed by atoms with E-state index in [9.17, 15) is 9.59 Å². The Morgan fingerprint density at radius 2 is 1.09 bits per heavy atom. The first-order valence-corrected chi connectivity index (χ1v) is 14.5. The summed E-state index contributed by atoms with van der Waals surface area (Å²) in [6.45, 7) is 4.90. The largest absolute Gasteiger partial charge is 0.466 e. The molecule has 0 bridgehead atoms. The van der Waals surface area contributed by atoms with Crippen LogP contribution < -0.4 is 0 Å². The van der Waals surface area contributed by atoms with Crippen LogP contribution in [0.2, 0.25) is 0 Å². The van der Waals surface area contributed by atoms with Gasteiger partial charge in [0, 0.05) is 0 Å². The van der Waals surface area contributed by atoms with Crippen LogP contribution in [0.5, 0.6) is 0 Å². The molecule has 1 rings (SSSR count). The SMILES string of the molecule is CCCCCCCCCCCCCCCCCCOC(=O)CCC(=O)OC1CCCCC1C. The molecule has 2 atom stereocenters. The Labute approximate surface area is 205 Å². The van der Waals surface area contributed by atoms with Crippen LogP contribution in [-0.4, -0.2) is 24.6 Å². The maximum atomic E-state index is 12.0. The summed E-state index contributed by atoms with van der Waals surface area (Å²) in [5.74, 6) is -0.0951. The quantitative estimate of drug-likeness (QED) is 0.125. The Hall–Kier alpha value is -1.06. The Kier molecular flexibility index (Phi) is 19.5. The molecule has 194 valence electrons. The van der Waals surface area contributed by atoms with Crippen molar-refractivity contribution in [3.8, 4) is 0 Å². The minimum Gasteiger partial charge on any atom is -0.466 e. The van der Waals surface area contributed by atoms with Crippen LogP contribution in [0.4, 0.5) is 0 Å². The molecule has 0 aromatic heterocycles. The van der Waals surface area contributed by atoms with Gasteiger partial charge in [0.05, 0.1) is 19.4 Å². The number of esters is 2. The molecule has 4 heteroatoms. The van der Waals surface area contributed by atoms with E-state index in [0.29, 0.717) is 12.5 Å². The Bertz CT molecular complexity index is 476. The first-order valence-electron chi connectivity index (χ1n) is 14.5. The number of carbonyl (C=O) groups is 2. The van der Waals surface area contributed by atoms with Crippen LogP contribution in [-0.2, 0) is 19.1 Å². The highest BCUT2D eigenvalue weighted by Gasteiger charge is 2.24. The fourth-order valence-electron chi connectivity index (χ4n) is 4.80. The summed E-state index contributed by atoms with van der Waals surface area (Å²) < 4.78 is 10.8. The van der Waals surface area contributed by atoms with Gasteiger partial charge in [0.15, 0.2) is 0 Å². The molecule has 1 aliphatic rings. The van der Waals surface area contributed by atoms with Gasteiger partial charge in [0.25, 0.3) is 0 Å². The van der Waals surface area contributed by atoms with Gasteiger partial charge in [-0.3, -0.25) is 9.59 Å². The lowest BCUT2D eigenvalue weighted by atomic mass is 9.88. The second-order valence-electron chi connectivity index (χ2n) is 10.3. The number of ether oxygens (including phenoxy) is 2. The predicted octanol–water partition coefficient (Wildman–Crippen LogP) is 8.69. The normalized spacial score (nSPS) is 18.2. The van der Waals surface area contributed by atoms with Crippen molar-refractivity contribution in [3.63, 3.8) is 0 Å². The van der Waals surface area contributed by atoms with Gasteiger partial charge in [-0.15, -0.1) is 0 Å². The summed E-state index contributed by atoms with van der Waals surface area (Å²) in [6, 6.07) is 0. The average Bonchev–Trinajstić information content (AvgIpc) is 2.81. The molecule has 0 aromatic rings. The molecule has 0 aromatic carbocycles. The van der Waals surface area contributed by atoms with Crippen LogP contribution in [0, 0.1) is 5.92 Å². The maximum absolute atomic E-state index is 12.0. The molecule has 0 radical (unpaired) electrons. The summed E-state index contributed by atoms with van der Waals surface area (Å²) >= 11 is 0. The molecule has 0 N–H and O–H groups in total. The van der Waals surface area contributed by atoms with E-state index >= 15 is 0 Å². The molecule has 0 amide bonds. The third-order valence-corrected chi connectivity index (χ3v) is 7.11. The zero-order chi connectivity index (χ0) is 24.0. The van der Waals surface area contributed by atoms with Crippen molar-refractivity contribution in [1.29, 1.82) is 0 Å². The van der Waals surface area contributed by atoms with E-state index in [2.05, 4.69) is 13.8 Å². The van der Waals surface area contributed by atoms with Crippen molar-refractivity contribution in [1.82, 2.24) is 0 Å². The Balaban J connectivity index is 1.79. The second-order valence-corrected chi connectivity index (χ2v) is 10.3. The third kappa shape index (κ3) is 18.0. The summed E-state index contributed by atoms with van der Waals surface area (Å²) in [4.78, 5) is 23.8. The Morgan fingerprint density at radius 3 is 1.61 bits per heavy atom. The third-order valence-electron chi connectivity index (χ3n) is 7.11. The van der Waals surface area contributed by atoms with Crippen molar-refractivity contribution >= 4 is 11.9 Å². The number of hydrogen-bond acceptors (Lipinski definition) is 4. The van der Waals surface area contributed by atoms with Crippen LogP contribution in [0.3, 0.4) is 0 Å². The molecule has 0 spiro atoms. The van der Waals surface area contributed by atoms with Gasteiger partial charge in [-0.25, -0.2) is 0 Å². The monoisotopic (exact) mass is 466 g/mol. The fraction of sp³-hybridized carbons (Fsp3) is 0.931. The molecule has 0 saturated heterocycles. The van der Waals surface area contributed by atoms with Crippen molar-refractivity contribution < 1.29 is 19.1 Å². The highest BCUT2D eigenvalue weighted by molar-refractivity contribution is 5.77. The molecule has 0 aliphatic heterocycles. The first kappa shape index (κ1) is 30.0. The molecule has 0 heterocycles. The molecule has 1 fully saturated rings. The number of hydrogen-bond donors (Lipinski definition) is 0. The predicted molar refractivity (Wildman–Crippen MR) is 137 cm³/mol. The van der Waals surface area contributed by atoms with Gasteiger partial charge in [0.1, 0.15) is 6.10 Å².